The third kappa shape index (κ3) is 3.75. The predicted octanol–water partition coefficient (Wildman–Crippen LogP) is 4.99. The molecule has 7 heteroatoms. The van der Waals surface area contributed by atoms with Gasteiger partial charge in [0.05, 0.1) is 47.2 Å². The summed E-state index contributed by atoms with van der Waals surface area (Å²) < 4.78 is 0. The van der Waals surface area contributed by atoms with Gasteiger partial charge < -0.3 is 10.0 Å². The van der Waals surface area contributed by atoms with Crippen molar-refractivity contribution < 1.29 is 19.5 Å². The highest BCUT2D eigenvalue weighted by atomic mass is 16.4. The number of Topliss-reactive ketones (excluding diaryl/α,β-unsaturated/α-hetero) is 1. The summed E-state index contributed by atoms with van der Waals surface area (Å²) in [7, 11) is 0. The number of ketones is 1. The molecule has 172 valence electrons. The van der Waals surface area contributed by atoms with Crippen LogP contribution in [0.3, 0.4) is 0 Å². The quantitative estimate of drug-likeness (QED) is 0.528. The molecule has 0 saturated heterocycles. The molecule has 1 amide bonds. The molecule has 0 fully saturated rings. The predicted molar refractivity (Wildman–Crippen MR) is 131 cm³/mol. The van der Waals surface area contributed by atoms with Crippen LogP contribution in [0.25, 0.3) is 16.1 Å². The van der Waals surface area contributed by atoms with Crippen molar-refractivity contribution in [2.24, 2.45) is 0 Å². The maximum atomic E-state index is 13.8. The van der Waals surface area contributed by atoms with E-state index in [0.29, 0.717) is 50.4 Å². The van der Waals surface area contributed by atoms with Crippen LogP contribution in [0.4, 0.5) is 5.69 Å². The first-order chi connectivity index (χ1) is 17.4. The Kier molecular flexibility index (Phi) is 5.52. The Bertz CT molecular complexity index is 1620. The van der Waals surface area contributed by atoms with Crippen molar-refractivity contribution in [3.8, 4) is 6.07 Å². The summed E-state index contributed by atoms with van der Waals surface area (Å²) in [6, 6.07) is 21.9. The molecule has 5 rings (SSSR count). The number of carbonyl (C=O) groups excluding carboxylic acids is 2. The number of nitrogens with zero attached hydrogens (tertiary/aromatic N) is 3. The van der Waals surface area contributed by atoms with Crippen molar-refractivity contribution in [1.29, 1.82) is 5.26 Å². The van der Waals surface area contributed by atoms with Gasteiger partial charge >= 0.3 is 5.97 Å². The zero-order chi connectivity index (χ0) is 25.4. The van der Waals surface area contributed by atoms with E-state index >= 15 is 0 Å². The average molecular weight is 471 g/mol. The summed E-state index contributed by atoms with van der Waals surface area (Å²) in [4.78, 5) is 43.4. The van der Waals surface area contributed by atoms with E-state index in [1.807, 2.05) is 0 Å². The fourth-order valence-corrected chi connectivity index (χ4v) is 4.62. The van der Waals surface area contributed by atoms with Crippen molar-refractivity contribution in [3.05, 3.63) is 123 Å². The normalized spacial score (nSPS) is 14.7. The lowest BCUT2D eigenvalue weighted by atomic mass is 10.0. The highest BCUT2D eigenvalue weighted by Gasteiger charge is 2.44. The zero-order valence-electron chi connectivity index (χ0n) is 18.9. The van der Waals surface area contributed by atoms with Crippen molar-refractivity contribution in [1.82, 2.24) is 4.90 Å². The summed E-state index contributed by atoms with van der Waals surface area (Å²) in [5.41, 5.74) is 4.45. The molecule has 36 heavy (non-hydrogen) atoms. The summed E-state index contributed by atoms with van der Waals surface area (Å²) in [5, 5.41) is 18.6. The number of carboxylic acids is 1. The Morgan fingerprint density at radius 3 is 2.42 bits per heavy atom. The first-order valence-electron chi connectivity index (χ1n) is 11.0. The van der Waals surface area contributed by atoms with Crippen molar-refractivity contribution >= 4 is 34.6 Å². The number of nitriles is 1. The molecule has 1 N–H and O–H groups in total. The zero-order valence-corrected chi connectivity index (χ0v) is 18.9. The van der Waals surface area contributed by atoms with Crippen molar-refractivity contribution in [2.45, 2.75) is 13.0 Å². The van der Waals surface area contributed by atoms with Gasteiger partial charge in [-0.15, -0.1) is 0 Å². The highest BCUT2D eigenvalue weighted by Crippen LogP contribution is 2.47. The lowest BCUT2D eigenvalue weighted by molar-refractivity contribution is -0.123. The Morgan fingerprint density at radius 2 is 1.72 bits per heavy atom. The van der Waals surface area contributed by atoms with Gasteiger partial charge in [0.15, 0.2) is 11.5 Å². The van der Waals surface area contributed by atoms with Gasteiger partial charge in [0.25, 0.3) is 5.91 Å². The van der Waals surface area contributed by atoms with Crippen LogP contribution >= 0.6 is 0 Å². The van der Waals surface area contributed by atoms with Gasteiger partial charge in [0, 0.05) is 12.0 Å². The van der Waals surface area contributed by atoms with Crippen LogP contribution in [-0.2, 0) is 16.1 Å². The number of carbonyl (C=O) groups is 3. The van der Waals surface area contributed by atoms with E-state index in [-0.39, 0.29) is 30.2 Å². The minimum atomic E-state index is -1.05. The average Bonchev–Trinajstić information content (AvgIpc) is 3.39. The summed E-state index contributed by atoms with van der Waals surface area (Å²) >= 11 is 0. The van der Waals surface area contributed by atoms with Gasteiger partial charge in [0.1, 0.15) is 0 Å². The maximum Gasteiger partial charge on any atom is 0.335 e. The molecule has 3 aromatic rings. The van der Waals surface area contributed by atoms with E-state index in [0.717, 1.165) is 0 Å². The molecule has 1 heterocycles. The van der Waals surface area contributed by atoms with E-state index < -0.39 is 5.97 Å². The first-order valence-corrected chi connectivity index (χ1v) is 11.0. The number of fused-ring (bicyclic) bond motifs is 1. The molecule has 0 unspecified atom stereocenters. The summed E-state index contributed by atoms with van der Waals surface area (Å²) in [6.45, 7) is 7.42. The first kappa shape index (κ1) is 22.5. The molecule has 1 aliphatic carbocycles. The second-order valence-corrected chi connectivity index (χ2v) is 8.43. The SMILES string of the molecule is [C-]#[N+]c1cccc(C2=C3C(=O)N(Cc4ccc(C(=O)O)cc4)C(c4cccc(C#N)c4)=C3C(=O)C2)c1. The smallest absolute Gasteiger partial charge is 0.335 e. The van der Waals surface area contributed by atoms with Gasteiger partial charge in [0.2, 0.25) is 0 Å². The molecule has 3 aromatic carbocycles. The van der Waals surface area contributed by atoms with Gasteiger partial charge in [-0.2, -0.15) is 5.26 Å². The third-order valence-electron chi connectivity index (χ3n) is 6.26. The molecule has 0 aromatic heterocycles. The van der Waals surface area contributed by atoms with Crippen LogP contribution in [0, 0.1) is 17.9 Å². The highest BCUT2D eigenvalue weighted by molar-refractivity contribution is 6.31. The van der Waals surface area contributed by atoms with Gasteiger partial charge in [-0.1, -0.05) is 42.5 Å². The minimum Gasteiger partial charge on any atom is -0.478 e. The summed E-state index contributed by atoms with van der Waals surface area (Å²) in [5.74, 6) is -1.60. The Balaban J connectivity index is 1.68. The largest absolute Gasteiger partial charge is 0.478 e. The molecule has 0 bridgehead atoms. The van der Waals surface area contributed by atoms with E-state index in [9.17, 15) is 24.8 Å². The Hall–Kier alpha value is -5.27. The molecule has 0 atom stereocenters. The number of allylic oxidation sites excluding steroid dienone is 1. The Morgan fingerprint density at radius 1 is 1.00 bits per heavy atom. The molecule has 2 aliphatic rings. The number of amides is 1. The lowest BCUT2D eigenvalue weighted by Crippen LogP contribution is -2.25. The van der Waals surface area contributed by atoms with Crippen LogP contribution in [0.2, 0.25) is 0 Å². The van der Waals surface area contributed by atoms with Crippen LogP contribution in [-0.4, -0.2) is 27.7 Å². The number of rotatable bonds is 5. The molecule has 1 aliphatic heterocycles. The molecule has 0 spiro atoms. The van der Waals surface area contributed by atoms with Crippen molar-refractivity contribution in [2.75, 3.05) is 0 Å². The van der Waals surface area contributed by atoms with Gasteiger partial charge in [-0.05, 0) is 47.0 Å². The number of hydrogen-bond acceptors (Lipinski definition) is 4. The molecule has 7 nitrogen and oxygen atoms in total. The fraction of sp³-hybridized carbons (Fsp3) is 0.0690. The molecular formula is C29H17N3O4. The third-order valence-corrected chi connectivity index (χ3v) is 6.26. The monoisotopic (exact) mass is 471 g/mol. The van der Waals surface area contributed by atoms with E-state index in [1.54, 1.807) is 60.7 Å². The Labute approximate surface area is 206 Å². The van der Waals surface area contributed by atoms with Gasteiger partial charge in [-0.25, -0.2) is 9.64 Å². The van der Waals surface area contributed by atoms with E-state index in [1.165, 1.54) is 17.0 Å². The molecule has 0 saturated carbocycles. The van der Waals surface area contributed by atoms with Crippen LogP contribution < -0.4 is 0 Å². The standard InChI is InChI=1S/C29H17N3O4/c1-31-22-7-3-5-20(13-22)23-14-24(33)26-25(23)28(34)32(16-17-8-10-19(11-9-17)29(35)36)27(26)21-6-2-4-18(12-21)15-30/h2-13H,14,16H2,(H,35,36). The second-order valence-electron chi connectivity index (χ2n) is 8.43. The second kappa shape index (κ2) is 8.83. The summed E-state index contributed by atoms with van der Waals surface area (Å²) in [6.07, 6.45) is 0.0421. The minimum absolute atomic E-state index is 0.0421. The number of carboxylic acid groups (broad SMARTS) is 1. The fourth-order valence-electron chi connectivity index (χ4n) is 4.62. The molecule has 0 radical (unpaired) electrons. The van der Waals surface area contributed by atoms with Crippen molar-refractivity contribution in [3.63, 3.8) is 0 Å². The van der Waals surface area contributed by atoms with Gasteiger partial charge in [-0.3, -0.25) is 9.59 Å². The van der Waals surface area contributed by atoms with E-state index in [4.69, 9.17) is 6.57 Å². The maximum absolute atomic E-state index is 13.8. The lowest BCUT2D eigenvalue weighted by Gasteiger charge is -2.22. The van der Waals surface area contributed by atoms with Crippen LogP contribution in [0.5, 0.6) is 0 Å². The van der Waals surface area contributed by atoms with Crippen LogP contribution in [0.1, 0.15) is 39.0 Å². The number of aromatic carboxylic acids is 1. The topological polar surface area (TPSA) is 103 Å². The number of benzene rings is 3. The van der Waals surface area contributed by atoms with Crippen LogP contribution in [0.15, 0.2) is 83.9 Å². The molecular weight excluding hydrogens is 454 g/mol. The van der Waals surface area contributed by atoms with E-state index in [2.05, 4.69) is 10.9 Å². The number of hydrogen-bond donors (Lipinski definition) is 1.